The van der Waals surface area contributed by atoms with E-state index < -0.39 is 29.6 Å². The number of para-hydroxylation sites is 1. The van der Waals surface area contributed by atoms with Gasteiger partial charge in [-0.3, -0.25) is 9.59 Å². The van der Waals surface area contributed by atoms with Crippen LogP contribution in [0, 0.1) is 29.6 Å². The SMILES string of the molecule is Cc1cc(=O)c(C(=O)OCC(=O)N(CCC#N)CCC#N)nn1-c1ccccc1. The third-order valence-corrected chi connectivity index (χ3v) is 3.97. The van der Waals surface area contributed by atoms with E-state index in [9.17, 15) is 14.4 Å². The monoisotopic (exact) mass is 393 g/mol. The van der Waals surface area contributed by atoms with Crippen molar-refractivity contribution < 1.29 is 14.3 Å². The van der Waals surface area contributed by atoms with E-state index in [-0.39, 0.29) is 25.9 Å². The molecule has 0 saturated heterocycles. The van der Waals surface area contributed by atoms with Gasteiger partial charge in [-0.15, -0.1) is 0 Å². The second-order valence-corrected chi connectivity index (χ2v) is 6.02. The summed E-state index contributed by atoms with van der Waals surface area (Å²) in [6, 6.07) is 14.1. The lowest BCUT2D eigenvalue weighted by Crippen LogP contribution is -2.36. The summed E-state index contributed by atoms with van der Waals surface area (Å²) in [6.07, 6.45) is 0.179. The highest BCUT2D eigenvalue weighted by atomic mass is 16.5. The van der Waals surface area contributed by atoms with E-state index in [2.05, 4.69) is 5.10 Å². The molecule has 9 heteroatoms. The van der Waals surface area contributed by atoms with Crippen molar-refractivity contribution in [3.05, 3.63) is 58.0 Å². The Morgan fingerprint density at radius 1 is 1.14 bits per heavy atom. The summed E-state index contributed by atoms with van der Waals surface area (Å²) < 4.78 is 6.41. The maximum atomic E-state index is 12.3. The molecular formula is C20H19N5O4. The van der Waals surface area contributed by atoms with Crippen LogP contribution in [0.1, 0.15) is 29.0 Å². The molecule has 2 rings (SSSR count). The second kappa shape index (κ2) is 10.4. The number of carbonyl (C=O) groups excluding carboxylic acids is 2. The fourth-order valence-electron chi connectivity index (χ4n) is 2.54. The Morgan fingerprint density at radius 2 is 1.76 bits per heavy atom. The number of esters is 1. The van der Waals surface area contributed by atoms with E-state index in [0.717, 1.165) is 0 Å². The van der Waals surface area contributed by atoms with Gasteiger partial charge in [0.1, 0.15) is 0 Å². The number of benzene rings is 1. The molecule has 0 bridgehead atoms. The van der Waals surface area contributed by atoms with E-state index in [4.69, 9.17) is 15.3 Å². The summed E-state index contributed by atoms with van der Waals surface area (Å²) in [5.74, 6) is -1.58. The van der Waals surface area contributed by atoms with Crippen LogP contribution in [0.3, 0.4) is 0 Å². The quantitative estimate of drug-likeness (QED) is 0.619. The molecule has 0 spiro atoms. The number of hydrogen-bond donors (Lipinski definition) is 0. The number of aryl methyl sites for hydroxylation is 1. The van der Waals surface area contributed by atoms with Crippen LogP contribution in [0.15, 0.2) is 41.2 Å². The first-order valence-electron chi connectivity index (χ1n) is 8.83. The van der Waals surface area contributed by atoms with Gasteiger partial charge < -0.3 is 9.64 Å². The van der Waals surface area contributed by atoms with Gasteiger partial charge in [0.2, 0.25) is 11.1 Å². The van der Waals surface area contributed by atoms with Crippen LogP contribution < -0.4 is 5.43 Å². The van der Waals surface area contributed by atoms with Gasteiger partial charge in [0.05, 0.1) is 30.7 Å². The molecule has 2 aromatic rings. The number of rotatable bonds is 8. The third kappa shape index (κ3) is 5.75. The Morgan fingerprint density at radius 3 is 2.34 bits per heavy atom. The molecule has 1 aromatic heterocycles. The lowest BCUT2D eigenvalue weighted by molar-refractivity contribution is -0.134. The van der Waals surface area contributed by atoms with Gasteiger partial charge >= 0.3 is 5.97 Å². The summed E-state index contributed by atoms with van der Waals surface area (Å²) in [7, 11) is 0. The Hall–Kier alpha value is -3.98. The molecule has 0 atom stereocenters. The van der Waals surface area contributed by atoms with Crippen molar-refractivity contribution in [2.75, 3.05) is 19.7 Å². The van der Waals surface area contributed by atoms with Crippen LogP contribution in [0.2, 0.25) is 0 Å². The van der Waals surface area contributed by atoms with E-state index in [1.165, 1.54) is 15.6 Å². The van der Waals surface area contributed by atoms with Crippen molar-refractivity contribution in [3.8, 4) is 17.8 Å². The second-order valence-electron chi connectivity index (χ2n) is 6.02. The molecule has 148 valence electrons. The van der Waals surface area contributed by atoms with Gasteiger partial charge in [-0.1, -0.05) is 18.2 Å². The molecule has 1 aromatic carbocycles. The highest BCUT2D eigenvalue weighted by Crippen LogP contribution is 2.08. The number of amides is 1. The predicted octanol–water partition coefficient (Wildman–Crippen LogP) is 1.35. The maximum absolute atomic E-state index is 12.3. The van der Waals surface area contributed by atoms with Crippen molar-refractivity contribution in [2.45, 2.75) is 19.8 Å². The molecule has 0 fully saturated rings. The minimum absolute atomic E-state index is 0.0897. The fourth-order valence-corrected chi connectivity index (χ4v) is 2.54. The van der Waals surface area contributed by atoms with Crippen molar-refractivity contribution in [1.82, 2.24) is 14.7 Å². The molecule has 0 aliphatic heterocycles. The van der Waals surface area contributed by atoms with Gasteiger partial charge in [-0.2, -0.15) is 15.6 Å². The Balaban J connectivity index is 2.14. The Labute approximate surface area is 167 Å². The molecule has 0 unspecified atom stereocenters. The van der Waals surface area contributed by atoms with Crippen LogP contribution in [0.5, 0.6) is 0 Å². The molecular weight excluding hydrogens is 374 g/mol. The van der Waals surface area contributed by atoms with Gasteiger partial charge in [-0.25, -0.2) is 9.48 Å². The molecule has 0 N–H and O–H groups in total. The zero-order valence-electron chi connectivity index (χ0n) is 15.9. The van der Waals surface area contributed by atoms with Crippen molar-refractivity contribution >= 4 is 11.9 Å². The lowest BCUT2D eigenvalue weighted by Gasteiger charge is -2.20. The van der Waals surface area contributed by atoms with Crippen molar-refractivity contribution in [1.29, 1.82) is 10.5 Å². The molecule has 0 radical (unpaired) electrons. The molecule has 1 heterocycles. The summed E-state index contributed by atoms with van der Waals surface area (Å²) in [5.41, 5.74) is 0.146. The maximum Gasteiger partial charge on any atom is 0.363 e. The van der Waals surface area contributed by atoms with Gasteiger partial charge in [0.25, 0.3) is 5.91 Å². The van der Waals surface area contributed by atoms with Crippen molar-refractivity contribution in [3.63, 3.8) is 0 Å². The molecule has 1 amide bonds. The minimum atomic E-state index is -1.02. The van der Waals surface area contributed by atoms with E-state index in [1.54, 1.807) is 31.2 Å². The number of aromatic nitrogens is 2. The zero-order chi connectivity index (χ0) is 21.2. The van der Waals surface area contributed by atoms with Gasteiger partial charge in [-0.05, 0) is 19.1 Å². The molecule has 29 heavy (non-hydrogen) atoms. The van der Waals surface area contributed by atoms with Crippen LogP contribution in [0.4, 0.5) is 0 Å². The highest BCUT2D eigenvalue weighted by molar-refractivity contribution is 5.89. The van der Waals surface area contributed by atoms with Gasteiger partial charge in [0, 0.05) is 24.8 Å². The van der Waals surface area contributed by atoms with Crippen molar-refractivity contribution in [2.24, 2.45) is 0 Å². The first kappa shape index (κ1) is 21.3. The standard InChI is InChI=1S/C20H19N5O4/c1-15-13-17(26)19(23-25(15)16-7-3-2-4-8-16)20(28)29-14-18(27)24(11-5-9-21)12-6-10-22/h2-4,7-8,13H,5-6,11-12,14H2,1H3. The zero-order valence-corrected chi connectivity index (χ0v) is 15.9. The van der Waals surface area contributed by atoms with E-state index >= 15 is 0 Å². The number of carbonyl (C=O) groups is 2. The number of nitrogens with zero attached hydrogens (tertiary/aromatic N) is 5. The summed E-state index contributed by atoms with van der Waals surface area (Å²) in [5, 5.41) is 21.4. The number of hydrogen-bond acceptors (Lipinski definition) is 7. The highest BCUT2D eigenvalue weighted by Gasteiger charge is 2.20. The minimum Gasteiger partial charge on any atom is -0.451 e. The molecule has 0 aliphatic carbocycles. The summed E-state index contributed by atoms with van der Waals surface area (Å²) in [4.78, 5) is 38.0. The van der Waals surface area contributed by atoms with Crippen LogP contribution in [0.25, 0.3) is 5.69 Å². The topological polar surface area (TPSA) is 129 Å². The first-order valence-corrected chi connectivity index (χ1v) is 8.83. The van der Waals surface area contributed by atoms with E-state index in [1.807, 2.05) is 18.2 Å². The van der Waals surface area contributed by atoms with E-state index in [0.29, 0.717) is 11.4 Å². The average molecular weight is 393 g/mol. The summed E-state index contributed by atoms with van der Waals surface area (Å²) in [6.45, 7) is 1.31. The third-order valence-electron chi connectivity index (χ3n) is 3.97. The van der Waals surface area contributed by atoms with Gasteiger partial charge in [0.15, 0.2) is 6.61 Å². The average Bonchev–Trinajstić information content (AvgIpc) is 2.72. The van der Waals surface area contributed by atoms with Crippen LogP contribution in [-0.4, -0.2) is 46.3 Å². The predicted molar refractivity (Wildman–Crippen MR) is 102 cm³/mol. The van der Waals surface area contributed by atoms with Crippen LogP contribution in [-0.2, 0) is 9.53 Å². The normalized spacial score (nSPS) is 9.90. The number of nitriles is 2. The largest absolute Gasteiger partial charge is 0.451 e. The molecule has 0 aliphatic rings. The number of ether oxygens (including phenoxy) is 1. The van der Waals surface area contributed by atoms with Crippen LogP contribution >= 0.6 is 0 Å². The summed E-state index contributed by atoms with van der Waals surface area (Å²) >= 11 is 0. The fraction of sp³-hybridized carbons (Fsp3) is 0.300. The first-order chi connectivity index (χ1) is 14.0. The smallest absolute Gasteiger partial charge is 0.363 e. The Bertz CT molecular complexity index is 1000. The Kier molecular flexibility index (Phi) is 7.63. The molecule has 0 saturated carbocycles. The molecule has 9 nitrogen and oxygen atoms in total. The lowest BCUT2D eigenvalue weighted by atomic mass is 10.3.